The smallest absolute Gasteiger partial charge is 0.408 e. The Kier molecular flexibility index (Phi) is 10.6. The third-order valence-corrected chi connectivity index (χ3v) is 12.3. The lowest BCUT2D eigenvalue weighted by Crippen LogP contribution is -2.69. The van der Waals surface area contributed by atoms with Gasteiger partial charge in [0.2, 0.25) is 5.56 Å². The summed E-state index contributed by atoms with van der Waals surface area (Å²) in [5.41, 5.74) is 2.62. The van der Waals surface area contributed by atoms with Gasteiger partial charge in [-0.3, -0.25) is 19.3 Å². The first kappa shape index (κ1) is 37.4. The number of benzene rings is 3. The number of phenols is 1. The zero-order valence-electron chi connectivity index (χ0n) is 30.7. The number of aromatic nitrogens is 1. The molecule has 2 bridgehead atoms. The Morgan fingerprint density at radius 1 is 0.911 bits per heavy atom. The van der Waals surface area contributed by atoms with Crippen LogP contribution in [0.25, 0.3) is 10.9 Å². The summed E-state index contributed by atoms with van der Waals surface area (Å²) in [6.45, 7) is 4.57. The van der Waals surface area contributed by atoms with Crippen molar-refractivity contribution in [2.45, 2.75) is 43.7 Å². The molecule has 2 atom stereocenters. The van der Waals surface area contributed by atoms with E-state index in [2.05, 4.69) is 25.8 Å². The first-order chi connectivity index (χ1) is 27.1. The molecule has 56 heavy (non-hydrogen) atoms. The number of hydrogen-bond acceptors (Lipinski definition) is 10. The van der Waals surface area contributed by atoms with E-state index < -0.39 is 17.7 Å². The number of phenolic OH excluding ortho intramolecular Hbond substituents is 1. The number of alkyl carbamates (subject to hydrolysis) is 1. The predicted octanol–water partition coefficient (Wildman–Crippen LogP) is 4.22. The third-order valence-electron chi connectivity index (χ3n) is 11.2. The molecule has 13 nitrogen and oxygen atoms in total. The number of nitrogens with zero attached hydrogens (tertiary/aromatic N) is 2. The van der Waals surface area contributed by atoms with Crippen LogP contribution >= 0.6 is 11.3 Å². The normalized spacial score (nSPS) is 20.2. The number of nitrogens with one attached hydrogen (secondary N) is 4. The Bertz CT molecular complexity index is 2260. The molecule has 5 aromatic rings. The molecule has 6 heterocycles. The van der Waals surface area contributed by atoms with E-state index in [1.165, 1.54) is 12.1 Å². The Labute approximate surface area is 327 Å². The summed E-state index contributed by atoms with van der Waals surface area (Å²) < 4.78 is 5.93. The van der Waals surface area contributed by atoms with Gasteiger partial charge in [-0.25, -0.2) is 4.79 Å². The summed E-state index contributed by atoms with van der Waals surface area (Å²) in [7, 11) is 0. The highest BCUT2D eigenvalue weighted by Gasteiger charge is 2.49. The van der Waals surface area contributed by atoms with Crippen LogP contribution in [-0.2, 0) is 23.4 Å². The van der Waals surface area contributed by atoms with Gasteiger partial charge in [-0.1, -0.05) is 36.4 Å². The molecule has 4 aliphatic heterocycles. The Morgan fingerprint density at radius 2 is 1.62 bits per heavy atom. The van der Waals surface area contributed by atoms with Gasteiger partial charge < -0.3 is 40.8 Å². The van der Waals surface area contributed by atoms with Crippen molar-refractivity contribution in [1.29, 1.82) is 0 Å². The maximum Gasteiger partial charge on any atom is 0.408 e. The number of aliphatic hydroxyl groups is 1. The molecule has 0 unspecified atom stereocenters. The largest absolute Gasteiger partial charge is 0.506 e. The number of aromatic hydroxyl groups is 1. The van der Waals surface area contributed by atoms with Crippen LogP contribution < -0.4 is 21.5 Å². The molecule has 4 saturated heterocycles. The molecule has 6 N–H and O–H groups in total. The number of H-pyrrole nitrogens is 1. The fourth-order valence-electron chi connectivity index (χ4n) is 8.02. The van der Waals surface area contributed by atoms with E-state index in [0.29, 0.717) is 47.6 Å². The van der Waals surface area contributed by atoms with E-state index in [0.717, 1.165) is 48.5 Å². The molecule has 9 rings (SSSR count). The maximum absolute atomic E-state index is 13.5. The molecule has 4 fully saturated rings. The molecule has 0 radical (unpaired) electrons. The van der Waals surface area contributed by atoms with Crippen molar-refractivity contribution in [3.63, 3.8) is 0 Å². The van der Waals surface area contributed by atoms with Crippen molar-refractivity contribution < 1.29 is 29.3 Å². The number of piperidine rings is 3. The molecule has 2 aromatic heterocycles. The second kappa shape index (κ2) is 15.9. The van der Waals surface area contributed by atoms with E-state index in [9.17, 15) is 29.4 Å². The van der Waals surface area contributed by atoms with Crippen molar-refractivity contribution >= 4 is 40.1 Å². The minimum atomic E-state index is -0.882. The summed E-state index contributed by atoms with van der Waals surface area (Å²) in [6.07, 6.45) is 0.696. The van der Waals surface area contributed by atoms with E-state index >= 15 is 0 Å². The maximum atomic E-state index is 13.5. The predicted molar refractivity (Wildman–Crippen MR) is 211 cm³/mol. The zero-order valence-corrected chi connectivity index (χ0v) is 31.5. The fourth-order valence-corrected chi connectivity index (χ4v) is 8.89. The zero-order chi connectivity index (χ0) is 38.8. The summed E-state index contributed by atoms with van der Waals surface area (Å²) in [5.74, 6) is -0.0192. The van der Waals surface area contributed by atoms with E-state index in [4.69, 9.17) is 4.74 Å². The number of aliphatic hydroxyl groups excluding tert-OH is 1. The van der Waals surface area contributed by atoms with Crippen LogP contribution in [0.1, 0.15) is 61.2 Å². The molecule has 0 spiro atoms. The number of hydrogen-bond donors (Lipinski definition) is 6. The van der Waals surface area contributed by atoms with Gasteiger partial charge in [0.05, 0.1) is 24.7 Å². The number of carbonyl (C=O) groups is 3. The van der Waals surface area contributed by atoms with Gasteiger partial charge in [0, 0.05) is 53.6 Å². The minimum absolute atomic E-state index is 0.0649. The average Bonchev–Trinajstić information content (AvgIpc) is 3.75. The SMILES string of the molecule is O=C(NC1(c2cccs2)CN(C(=O)c2ccc(CNC(=O)c3ccc(CNC[C@H](O)c4ccc(O)c5[nH]c(=O)ccc45)cc3)cc2)C1)O[C@H]1CN2CCC1CC2. The van der Waals surface area contributed by atoms with Crippen molar-refractivity contribution in [3.8, 4) is 5.75 Å². The lowest BCUT2D eigenvalue weighted by atomic mass is 9.86. The van der Waals surface area contributed by atoms with E-state index in [1.807, 2.05) is 41.8 Å². The molecule has 290 valence electrons. The molecular weight excluding hydrogens is 733 g/mol. The number of fused-ring (bicyclic) bond motifs is 4. The Balaban J connectivity index is 0.796. The second-order valence-electron chi connectivity index (χ2n) is 14.9. The first-order valence-corrected chi connectivity index (χ1v) is 19.8. The Hall–Kier alpha value is -5.54. The van der Waals surface area contributed by atoms with Crippen LogP contribution in [0.3, 0.4) is 0 Å². The highest BCUT2D eigenvalue weighted by molar-refractivity contribution is 7.10. The topological polar surface area (TPSA) is 176 Å². The van der Waals surface area contributed by atoms with Gasteiger partial charge in [-0.15, -0.1) is 11.3 Å². The summed E-state index contributed by atoms with van der Waals surface area (Å²) in [4.78, 5) is 58.9. The number of carbonyl (C=O) groups excluding carboxylic acids is 3. The van der Waals surface area contributed by atoms with Crippen molar-refractivity contribution in [3.05, 3.63) is 133 Å². The van der Waals surface area contributed by atoms with Crippen LogP contribution in [-0.4, -0.2) is 88.3 Å². The summed E-state index contributed by atoms with van der Waals surface area (Å²) in [6, 6.07) is 24.3. The van der Waals surface area contributed by atoms with Crippen molar-refractivity contribution in [2.24, 2.45) is 5.92 Å². The number of amides is 3. The number of thiophene rings is 1. The molecular formula is C42H44N6O7S. The minimum Gasteiger partial charge on any atom is -0.506 e. The van der Waals surface area contributed by atoms with Crippen molar-refractivity contribution in [2.75, 3.05) is 39.3 Å². The molecule has 14 heteroatoms. The second-order valence-corrected chi connectivity index (χ2v) is 15.9. The number of rotatable bonds is 12. The van der Waals surface area contributed by atoms with Gasteiger partial charge in [0.25, 0.3) is 11.8 Å². The van der Waals surface area contributed by atoms with Crippen LogP contribution in [0.15, 0.2) is 95.1 Å². The highest BCUT2D eigenvalue weighted by Crippen LogP contribution is 2.37. The Morgan fingerprint density at radius 3 is 2.30 bits per heavy atom. The molecule has 4 aliphatic rings. The van der Waals surface area contributed by atoms with Gasteiger partial charge in [0.1, 0.15) is 17.4 Å². The summed E-state index contributed by atoms with van der Waals surface area (Å²) >= 11 is 1.55. The van der Waals surface area contributed by atoms with Gasteiger partial charge in [-0.2, -0.15) is 0 Å². The molecule has 3 aromatic carbocycles. The molecule has 0 aliphatic carbocycles. The van der Waals surface area contributed by atoms with Crippen LogP contribution in [0, 0.1) is 5.92 Å². The fraction of sp³-hybridized carbons (Fsp3) is 0.333. The third kappa shape index (κ3) is 7.91. The highest BCUT2D eigenvalue weighted by atomic mass is 32.1. The average molecular weight is 777 g/mol. The quantitative estimate of drug-likeness (QED) is 0.108. The van der Waals surface area contributed by atoms with Crippen LogP contribution in [0.2, 0.25) is 0 Å². The lowest BCUT2D eigenvalue weighted by Gasteiger charge is -2.50. The van der Waals surface area contributed by atoms with E-state index in [-0.39, 0.29) is 47.8 Å². The van der Waals surface area contributed by atoms with Crippen LogP contribution in [0.4, 0.5) is 4.79 Å². The van der Waals surface area contributed by atoms with Gasteiger partial charge in [0.15, 0.2) is 0 Å². The standard InChI is InChI=1S/C42H44N6O7S/c49-33-13-11-31(32-12-14-37(51)45-38(32)33)34(50)22-43-20-26-3-7-29(8-4-26)39(52)44-21-27-5-9-30(10-6-27)40(53)48-24-42(25-48,36-2-1-19-56-36)46-41(54)55-35-23-47-17-15-28(35)16-18-47/h1-14,19,28,34-35,43,49-50H,15-18,20-25H2,(H,44,52)(H,45,51)(H,46,54)/t34-,35-/m0/s1. The van der Waals surface area contributed by atoms with Gasteiger partial charge in [-0.05, 0) is 96.4 Å². The van der Waals surface area contributed by atoms with E-state index in [1.54, 1.807) is 52.6 Å². The lowest BCUT2D eigenvalue weighted by molar-refractivity contribution is -0.0402. The van der Waals surface area contributed by atoms with Crippen LogP contribution in [0.5, 0.6) is 5.75 Å². The van der Waals surface area contributed by atoms with Gasteiger partial charge >= 0.3 is 6.09 Å². The molecule has 3 amide bonds. The summed E-state index contributed by atoms with van der Waals surface area (Å²) in [5, 5.41) is 32.7. The number of aromatic amines is 1. The number of ether oxygens (including phenoxy) is 1. The number of pyridine rings is 1. The monoisotopic (exact) mass is 776 g/mol. The van der Waals surface area contributed by atoms with Crippen molar-refractivity contribution in [1.82, 2.24) is 30.7 Å². The number of likely N-dealkylation sites (tertiary alicyclic amines) is 1. The molecule has 0 saturated carbocycles. The first-order valence-electron chi connectivity index (χ1n) is 18.9.